The molecule has 0 fully saturated rings. The third kappa shape index (κ3) is 4.50. The number of hydrogen-bond acceptors (Lipinski definition) is 9. The van der Waals surface area contributed by atoms with E-state index in [1.165, 1.54) is 32.4 Å². The van der Waals surface area contributed by atoms with Crippen molar-refractivity contribution in [2.75, 3.05) is 34.2 Å². The van der Waals surface area contributed by atoms with Gasteiger partial charge in [-0.05, 0) is 19.4 Å². The van der Waals surface area contributed by atoms with Crippen LogP contribution >= 0.6 is 0 Å². The molecule has 1 aliphatic rings. The summed E-state index contributed by atoms with van der Waals surface area (Å²) in [7, 11) is 2.68. The molecule has 0 bridgehead atoms. The first-order valence-corrected chi connectivity index (χ1v) is 9.07. The number of rotatable bonds is 8. The van der Waals surface area contributed by atoms with Gasteiger partial charge in [-0.15, -0.1) is 0 Å². The van der Waals surface area contributed by atoms with E-state index in [4.69, 9.17) is 19.3 Å². The molecule has 30 heavy (non-hydrogen) atoms. The third-order valence-corrected chi connectivity index (χ3v) is 4.79. The van der Waals surface area contributed by atoms with Gasteiger partial charge in [-0.2, -0.15) is 0 Å². The lowest BCUT2D eigenvalue weighted by molar-refractivity contribution is -0.384. The molecule has 1 aromatic rings. The Morgan fingerprint density at radius 3 is 2.33 bits per heavy atom. The van der Waals surface area contributed by atoms with Gasteiger partial charge in [-0.3, -0.25) is 10.1 Å². The zero-order valence-electron chi connectivity index (χ0n) is 17.2. The maximum Gasteiger partial charge on any atom is 0.336 e. The normalized spacial score (nSPS) is 16.6. The van der Waals surface area contributed by atoms with Crippen LogP contribution in [-0.4, -0.2) is 61.0 Å². The van der Waals surface area contributed by atoms with E-state index in [1.54, 1.807) is 24.8 Å². The van der Waals surface area contributed by atoms with Crippen LogP contribution in [0.1, 0.15) is 25.3 Å². The summed E-state index contributed by atoms with van der Waals surface area (Å²) in [5.41, 5.74) is 1.35. The first kappa shape index (κ1) is 23.0. The molecule has 10 heteroatoms. The summed E-state index contributed by atoms with van der Waals surface area (Å²) in [5.74, 6) is -2.41. The van der Waals surface area contributed by atoms with Gasteiger partial charge in [-0.1, -0.05) is 12.1 Å². The molecule has 0 amide bonds. The molecule has 0 spiro atoms. The Kier molecular flexibility index (Phi) is 7.67. The number of nitro groups is 1. The van der Waals surface area contributed by atoms with Crippen molar-refractivity contribution in [2.45, 2.75) is 19.8 Å². The van der Waals surface area contributed by atoms with Gasteiger partial charge in [0.25, 0.3) is 5.69 Å². The van der Waals surface area contributed by atoms with Crippen LogP contribution in [0.4, 0.5) is 5.69 Å². The van der Waals surface area contributed by atoms with E-state index in [0.29, 0.717) is 17.0 Å². The van der Waals surface area contributed by atoms with Crippen molar-refractivity contribution >= 4 is 17.6 Å². The number of aliphatic hydroxyl groups is 1. The van der Waals surface area contributed by atoms with Gasteiger partial charge in [0.15, 0.2) is 0 Å². The molecule has 0 aliphatic carbocycles. The number of carbonyl (C=O) groups is 2. The van der Waals surface area contributed by atoms with Crippen molar-refractivity contribution in [2.24, 2.45) is 0 Å². The predicted molar refractivity (Wildman–Crippen MR) is 105 cm³/mol. The Balaban J connectivity index is 2.77. The molecule has 1 unspecified atom stereocenters. The van der Waals surface area contributed by atoms with E-state index in [0.717, 1.165) is 0 Å². The molecule has 0 saturated heterocycles. The number of methoxy groups -OCH3 is 2. The van der Waals surface area contributed by atoms with Crippen molar-refractivity contribution in [3.05, 3.63) is 62.5 Å². The van der Waals surface area contributed by atoms with Crippen LogP contribution in [-0.2, 0) is 23.8 Å². The quantitative estimate of drug-likeness (QED) is 0.380. The van der Waals surface area contributed by atoms with Gasteiger partial charge in [0, 0.05) is 30.6 Å². The number of allylic oxidation sites excluding steroid dienone is 2. The molecule has 162 valence electrons. The molecule has 1 aliphatic heterocycles. The second kappa shape index (κ2) is 9.99. The minimum atomic E-state index is -0.961. The fourth-order valence-corrected chi connectivity index (χ4v) is 3.44. The first-order chi connectivity index (χ1) is 14.3. The van der Waals surface area contributed by atoms with Gasteiger partial charge in [-0.25, -0.2) is 9.59 Å². The summed E-state index contributed by atoms with van der Waals surface area (Å²) in [6.45, 7) is 2.78. The van der Waals surface area contributed by atoms with E-state index in [-0.39, 0.29) is 36.8 Å². The second-order valence-electron chi connectivity index (χ2n) is 6.48. The summed E-state index contributed by atoms with van der Waals surface area (Å²) in [5, 5.41) is 20.3. The fraction of sp³-hybridized carbons (Fsp3) is 0.400. The average molecular weight is 420 g/mol. The maximum atomic E-state index is 12.9. The highest BCUT2D eigenvalue weighted by atomic mass is 16.6. The topological polar surface area (TPSA) is 128 Å². The molecule has 1 N–H and O–H groups in total. The molecule has 0 radical (unpaired) electrons. The first-order valence-electron chi connectivity index (χ1n) is 9.07. The molecule has 0 saturated carbocycles. The van der Waals surface area contributed by atoms with E-state index < -0.39 is 22.8 Å². The Bertz CT molecular complexity index is 906. The minimum absolute atomic E-state index is 0.0522. The lowest BCUT2D eigenvalue weighted by Crippen LogP contribution is -2.36. The van der Waals surface area contributed by atoms with E-state index in [2.05, 4.69) is 0 Å². The lowest BCUT2D eigenvalue weighted by atomic mass is 9.79. The van der Waals surface area contributed by atoms with E-state index in [9.17, 15) is 19.7 Å². The average Bonchev–Trinajstić information content (AvgIpc) is 2.74. The Morgan fingerprint density at radius 2 is 1.80 bits per heavy atom. The highest BCUT2D eigenvalue weighted by Crippen LogP contribution is 2.43. The number of esters is 2. The monoisotopic (exact) mass is 420 g/mol. The number of aliphatic hydroxyl groups excluding tert-OH is 1. The zero-order valence-corrected chi connectivity index (χ0v) is 17.2. The minimum Gasteiger partial charge on any atom is -0.466 e. The second-order valence-corrected chi connectivity index (χ2v) is 6.48. The van der Waals surface area contributed by atoms with Crippen LogP contribution in [0, 0.1) is 10.1 Å². The molecule has 1 atom stereocenters. The van der Waals surface area contributed by atoms with Gasteiger partial charge >= 0.3 is 11.9 Å². The molecule has 1 heterocycles. The van der Waals surface area contributed by atoms with Crippen LogP contribution in [0.3, 0.4) is 0 Å². The summed E-state index contributed by atoms with van der Waals surface area (Å²) in [6, 6.07) is 5.69. The Hall–Kier alpha value is -3.24. The van der Waals surface area contributed by atoms with E-state index in [1.807, 2.05) is 0 Å². The maximum absolute atomic E-state index is 12.9. The van der Waals surface area contributed by atoms with Crippen molar-refractivity contribution in [1.82, 2.24) is 4.90 Å². The van der Waals surface area contributed by atoms with Crippen molar-refractivity contribution in [3.8, 4) is 0 Å². The van der Waals surface area contributed by atoms with Crippen LogP contribution in [0.5, 0.6) is 0 Å². The van der Waals surface area contributed by atoms with Gasteiger partial charge in [0.05, 0.1) is 35.7 Å². The van der Waals surface area contributed by atoms with Crippen molar-refractivity contribution in [3.63, 3.8) is 0 Å². The summed E-state index contributed by atoms with van der Waals surface area (Å²) in [4.78, 5) is 38.0. The SMILES string of the molecule is COCN1C(C)=C(C(=O)OC)C(c2cccc([N+](=O)[O-])c2)C(C(=O)OCCO)=C1C. The zero-order chi connectivity index (χ0) is 22.4. The Morgan fingerprint density at radius 1 is 1.17 bits per heavy atom. The third-order valence-electron chi connectivity index (χ3n) is 4.79. The van der Waals surface area contributed by atoms with Crippen molar-refractivity contribution < 1.29 is 33.8 Å². The molecule has 1 aromatic carbocycles. The lowest BCUT2D eigenvalue weighted by Gasteiger charge is -2.37. The smallest absolute Gasteiger partial charge is 0.336 e. The largest absolute Gasteiger partial charge is 0.466 e. The molecule has 2 rings (SSSR count). The molecular weight excluding hydrogens is 396 g/mol. The number of carbonyl (C=O) groups excluding carboxylic acids is 2. The Labute approximate surface area is 173 Å². The predicted octanol–water partition coefficient (Wildman–Crippen LogP) is 1.85. The van der Waals surface area contributed by atoms with Gasteiger partial charge in [0.1, 0.15) is 13.3 Å². The van der Waals surface area contributed by atoms with E-state index >= 15 is 0 Å². The number of nitrogens with zero attached hydrogens (tertiary/aromatic N) is 2. The van der Waals surface area contributed by atoms with Gasteiger partial charge in [0.2, 0.25) is 0 Å². The van der Waals surface area contributed by atoms with Crippen LogP contribution in [0.2, 0.25) is 0 Å². The molecule has 10 nitrogen and oxygen atoms in total. The fourth-order valence-electron chi connectivity index (χ4n) is 3.44. The van der Waals surface area contributed by atoms with Crippen LogP contribution < -0.4 is 0 Å². The number of ether oxygens (including phenoxy) is 3. The summed E-state index contributed by atoms with van der Waals surface area (Å²) < 4.78 is 15.3. The number of benzene rings is 1. The summed E-state index contributed by atoms with van der Waals surface area (Å²) >= 11 is 0. The van der Waals surface area contributed by atoms with Gasteiger partial charge < -0.3 is 24.2 Å². The number of hydrogen-bond donors (Lipinski definition) is 1. The standard InChI is InChI=1S/C20H24N2O8/c1-12-16(19(24)29-4)18(14-6-5-7-15(10-14)22(26)27)17(20(25)30-9-8-23)13(2)21(12)11-28-3/h5-7,10,18,23H,8-9,11H2,1-4H3. The molecular formula is C20H24N2O8. The van der Waals surface area contributed by atoms with Crippen LogP contribution in [0.25, 0.3) is 0 Å². The summed E-state index contributed by atoms with van der Waals surface area (Å²) in [6.07, 6.45) is 0. The molecule has 0 aromatic heterocycles. The number of non-ortho nitro benzene ring substituents is 1. The highest BCUT2D eigenvalue weighted by Gasteiger charge is 2.40. The highest BCUT2D eigenvalue weighted by molar-refractivity contribution is 5.99. The van der Waals surface area contributed by atoms with Crippen LogP contribution in [0.15, 0.2) is 46.8 Å². The number of nitro benzene ring substituents is 1. The van der Waals surface area contributed by atoms with Crippen molar-refractivity contribution in [1.29, 1.82) is 0 Å².